The second-order valence-corrected chi connectivity index (χ2v) is 9.75. The molecule has 1 aliphatic carbocycles. The number of nitrogens with one attached hydrogen (secondary N) is 2. The molecule has 34 heavy (non-hydrogen) atoms. The molecule has 0 spiro atoms. The molecule has 176 valence electrons. The van der Waals surface area contributed by atoms with Crippen molar-refractivity contribution >= 4 is 10.9 Å². The van der Waals surface area contributed by atoms with Crippen LogP contribution in [-0.2, 0) is 12.8 Å². The van der Waals surface area contributed by atoms with E-state index in [1.54, 1.807) is 12.7 Å². The largest absolute Gasteiger partial charge is 0.391 e. The summed E-state index contributed by atoms with van der Waals surface area (Å²) in [5.74, 6) is 0. The number of aliphatic hydroxyl groups is 1. The molecule has 2 atom stereocenters. The normalized spacial score (nSPS) is 21.3. The first-order chi connectivity index (χ1) is 16.7. The van der Waals surface area contributed by atoms with Gasteiger partial charge in [0.25, 0.3) is 0 Å². The third-order valence-corrected chi connectivity index (χ3v) is 7.60. The Balaban J connectivity index is 1.01. The standard InChI is InChI=1S/C27H32N6O/c34-26-14-19-4-1-2-6-23(19)27(26)31-21-9-12-32(13-10-21)11-3-5-20-16-28-25-8-7-22(15-24(20)25)33-17-29-30-18-33/h1-2,4,6-8,15-18,21,26-28,31,34H,3,5,9-14H2/t26-,27?/m1/s1. The van der Waals surface area contributed by atoms with Gasteiger partial charge in [-0.25, -0.2) is 0 Å². The quantitative estimate of drug-likeness (QED) is 0.397. The van der Waals surface area contributed by atoms with Crippen LogP contribution in [0.3, 0.4) is 0 Å². The van der Waals surface area contributed by atoms with Gasteiger partial charge >= 0.3 is 0 Å². The van der Waals surface area contributed by atoms with Crippen LogP contribution in [0.4, 0.5) is 0 Å². The van der Waals surface area contributed by atoms with Crippen molar-refractivity contribution in [3.05, 3.63) is 78.0 Å². The van der Waals surface area contributed by atoms with Gasteiger partial charge in [0.1, 0.15) is 12.7 Å². The fraction of sp³-hybridized carbons (Fsp3) is 0.407. The second kappa shape index (κ2) is 9.33. The number of likely N-dealkylation sites (tertiary alicyclic amines) is 1. The van der Waals surface area contributed by atoms with E-state index < -0.39 is 0 Å². The van der Waals surface area contributed by atoms with Crippen LogP contribution < -0.4 is 5.32 Å². The van der Waals surface area contributed by atoms with Gasteiger partial charge in [-0.2, -0.15) is 0 Å². The molecule has 1 fully saturated rings. The van der Waals surface area contributed by atoms with Crippen molar-refractivity contribution in [2.24, 2.45) is 0 Å². The molecule has 6 rings (SSSR count). The lowest BCUT2D eigenvalue weighted by Gasteiger charge is -2.34. The second-order valence-electron chi connectivity index (χ2n) is 9.75. The van der Waals surface area contributed by atoms with Crippen LogP contribution >= 0.6 is 0 Å². The number of piperidine rings is 1. The van der Waals surface area contributed by atoms with Crippen LogP contribution in [0.25, 0.3) is 16.6 Å². The van der Waals surface area contributed by atoms with Gasteiger partial charge in [-0.1, -0.05) is 24.3 Å². The van der Waals surface area contributed by atoms with E-state index in [1.807, 2.05) is 4.57 Å². The Morgan fingerprint density at radius 1 is 1.06 bits per heavy atom. The zero-order valence-corrected chi connectivity index (χ0v) is 19.4. The minimum absolute atomic E-state index is 0.0811. The molecule has 3 heterocycles. The minimum atomic E-state index is -0.308. The van der Waals surface area contributed by atoms with Crippen molar-refractivity contribution in [3.8, 4) is 5.69 Å². The molecule has 2 aromatic carbocycles. The molecule has 2 aromatic heterocycles. The summed E-state index contributed by atoms with van der Waals surface area (Å²) in [6, 6.07) is 15.5. The Morgan fingerprint density at radius 2 is 1.88 bits per heavy atom. The van der Waals surface area contributed by atoms with Crippen LogP contribution in [0.15, 0.2) is 61.3 Å². The van der Waals surface area contributed by atoms with Gasteiger partial charge in [-0.05, 0) is 80.2 Å². The number of aliphatic hydroxyl groups excluding tert-OH is 1. The van der Waals surface area contributed by atoms with E-state index in [0.717, 1.165) is 57.4 Å². The molecule has 0 amide bonds. The molecule has 1 unspecified atom stereocenters. The predicted molar refractivity (Wildman–Crippen MR) is 133 cm³/mol. The Kier molecular flexibility index (Phi) is 5.91. The topological polar surface area (TPSA) is 82.0 Å². The molecular weight excluding hydrogens is 424 g/mol. The number of rotatable bonds is 7. The number of aromatic amines is 1. The van der Waals surface area contributed by atoms with Gasteiger partial charge in [-0.3, -0.25) is 4.57 Å². The zero-order valence-electron chi connectivity index (χ0n) is 19.4. The first kappa shape index (κ1) is 21.5. The molecular formula is C27H32N6O. The number of benzene rings is 2. The van der Waals surface area contributed by atoms with Crippen molar-refractivity contribution in [3.63, 3.8) is 0 Å². The van der Waals surface area contributed by atoms with E-state index in [1.165, 1.54) is 27.6 Å². The molecule has 2 aliphatic rings. The highest BCUT2D eigenvalue weighted by molar-refractivity contribution is 5.85. The third-order valence-electron chi connectivity index (χ3n) is 7.60. The number of H-pyrrole nitrogens is 1. The Bertz CT molecular complexity index is 1240. The lowest BCUT2D eigenvalue weighted by Crippen LogP contribution is -2.45. The van der Waals surface area contributed by atoms with Crippen molar-refractivity contribution in [2.75, 3.05) is 19.6 Å². The Hall–Kier alpha value is -3.00. The van der Waals surface area contributed by atoms with E-state index in [-0.39, 0.29) is 12.1 Å². The number of aryl methyl sites for hydroxylation is 1. The zero-order chi connectivity index (χ0) is 22.9. The number of nitrogens with zero attached hydrogens (tertiary/aromatic N) is 4. The lowest BCUT2D eigenvalue weighted by molar-refractivity contribution is 0.119. The molecule has 7 nitrogen and oxygen atoms in total. The summed E-state index contributed by atoms with van der Waals surface area (Å²) in [4.78, 5) is 6.01. The van der Waals surface area contributed by atoms with E-state index >= 15 is 0 Å². The average Bonchev–Trinajstić information content (AvgIpc) is 3.60. The number of fused-ring (bicyclic) bond motifs is 2. The fourth-order valence-electron chi connectivity index (χ4n) is 5.71. The monoisotopic (exact) mass is 456 g/mol. The van der Waals surface area contributed by atoms with Crippen LogP contribution in [0.5, 0.6) is 0 Å². The fourth-order valence-corrected chi connectivity index (χ4v) is 5.71. The van der Waals surface area contributed by atoms with E-state index in [9.17, 15) is 5.11 Å². The summed E-state index contributed by atoms with van der Waals surface area (Å²) in [5, 5.41) is 23.5. The summed E-state index contributed by atoms with van der Waals surface area (Å²) in [6.07, 6.45) is 10.6. The summed E-state index contributed by atoms with van der Waals surface area (Å²) in [7, 11) is 0. The van der Waals surface area contributed by atoms with E-state index in [4.69, 9.17) is 0 Å². The highest BCUT2D eigenvalue weighted by atomic mass is 16.3. The maximum Gasteiger partial charge on any atom is 0.123 e. The van der Waals surface area contributed by atoms with Gasteiger partial charge < -0.3 is 20.3 Å². The summed E-state index contributed by atoms with van der Waals surface area (Å²) in [5.41, 5.74) is 6.20. The van der Waals surface area contributed by atoms with Crippen molar-refractivity contribution in [2.45, 2.75) is 50.3 Å². The van der Waals surface area contributed by atoms with E-state index in [0.29, 0.717) is 6.04 Å². The number of hydrogen-bond acceptors (Lipinski definition) is 5. The first-order valence-electron chi connectivity index (χ1n) is 12.4. The van der Waals surface area contributed by atoms with Gasteiger partial charge in [0.2, 0.25) is 0 Å². The molecule has 1 aliphatic heterocycles. The number of hydrogen-bond donors (Lipinski definition) is 3. The summed E-state index contributed by atoms with van der Waals surface area (Å²) >= 11 is 0. The minimum Gasteiger partial charge on any atom is -0.391 e. The first-order valence-corrected chi connectivity index (χ1v) is 12.4. The molecule has 0 saturated carbocycles. The smallest absolute Gasteiger partial charge is 0.123 e. The Morgan fingerprint density at radius 3 is 2.74 bits per heavy atom. The summed E-state index contributed by atoms with van der Waals surface area (Å²) < 4.78 is 1.94. The molecule has 7 heteroatoms. The average molecular weight is 457 g/mol. The van der Waals surface area contributed by atoms with Gasteiger partial charge in [0, 0.05) is 35.2 Å². The third kappa shape index (κ3) is 4.27. The van der Waals surface area contributed by atoms with Crippen LogP contribution in [-0.4, -0.2) is 61.5 Å². The van der Waals surface area contributed by atoms with Gasteiger partial charge in [-0.15, -0.1) is 10.2 Å². The highest BCUT2D eigenvalue weighted by Crippen LogP contribution is 2.32. The maximum atomic E-state index is 10.6. The Labute approximate surface area is 199 Å². The molecule has 1 saturated heterocycles. The SMILES string of the molecule is O[C@@H]1Cc2ccccc2C1NC1CCN(CCCc2c[nH]c3ccc(-n4cnnc4)cc23)CC1. The summed E-state index contributed by atoms with van der Waals surface area (Å²) in [6.45, 7) is 3.36. The maximum absolute atomic E-state index is 10.6. The van der Waals surface area contributed by atoms with Crippen LogP contribution in [0, 0.1) is 0 Å². The highest BCUT2D eigenvalue weighted by Gasteiger charge is 2.33. The van der Waals surface area contributed by atoms with Crippen LogP contribution in [0.2, 0.25) is 0 Å². The van der Waals surface area contributed by atoms with Crippen LogP contribution in [0.1, 0.15) is 42.0 Å². The van der Waals surface area contributed by atoms with Crippen molar-refractivity contribution in [1.82, 2.24) is 30.0 Å². The number of aromatic nitrogens is 4. The van der Waals surface area contributed by atoms with Crippen molar-refractivity contribution in [1.29, 1.82) is 0 Å². The predicted octanol–water partition coefficient (Wildman–Crippen LogP) is 3.39. The molecule has 0 bridgehead atoms. The lowest BCUT2D eigenvalue weighted by atomic mass is 10.0. The molecule has 4 aromatic rings. The van der Waals surface area contributed by atoms with E-state index in [2.05, 4.69) is 74.1 Å². The van der Waals surface area contributed by atoms with Gasteiger partial charge in [0.05, 0.1) is 12.1 Å². The molecule has 3 N–H and O–H groups in total. The van der Waals surface area contributed by atoms with Crippen molar-refractivity contribution < 1.29 is 5.11 Å². The van der Waals surface area contributed by atoms with Gasteiger partial charge in [0.15, 0.2) is 0 Å². The molecule has 0 radical (unpaired) electrons.